The Morgan fingerprint density at radius 1 is 1.24 bits per heavy atom. The summed E-state index contributed by atoms with van der Waals surface area (Å²) in [5.74, 6) is 0. The Morgan fingerprint density at radius 2 is 2.00 bits per heavy atom. The van der Waals surface area contributed by atoms with E-state index >= 15 is 0 Å². The molecule has 17 heavy (non-hydrogen) atoms. The molecular weight excluding hydrogens is 210 g/mol. The van der Waals surface area contributed by atoms with E-state index in [0.29, 0.717) is 6.54 Å². The van der Waals surface area contributed by atoms with E-state index in [1.165, 1.54) is 16.8 Å². The van der Waals surface area contributed by atoms with E-state index in [4.69, 9.17) is 5.73 Å². The van der Waals surface area contributed by atoms with Gasteiger partial charge in [0, 0.05) is 18.7 Å². The molecule has 1 aromatic carbocycles. The highest BCUT2D eigenvalue weighted by Gasteiger charge is 2.08. The normalized spacial score (nSPS) is 10.7. The summed E-state index contributed by atoms with van der Waals surface area (Å²) in [5, 5.41) is 4.41. The summed E-state index contributed by atoms with van der Waals surface area (Å²) >= 11 is 0. The highest BCUT2D eigenvalue weighted by atomic mass is 15.3. The standard InChI is InChI=1S/C14H19N3/c1-2-14-13(11-16-17(14)9-8-15)10-12-6-4-3-5-7-12/h3-7,11H,2,8-10,15H2,1H3. The van der Waals surface area contributed by atoms with Crippen molar-refractivity contribution in [1.82, 2.24) is 9.78 Å². The fraction of sp³-hybridized carbons (Fsp3) is 0.357. The zero-order valence-corrected chi connectivity index (χ0v) is 10.3. The third-order valence-corrected chi connectivity index (χ3v) is 2.95. The lowest BCUT2D eigenvalue weighted by Crippen LogP contribution is -2.13. The van der Waals surface area contributed by atoms with Crippen molar-refractivity contribution in [3.8, 4) is 0 Å². The van der Waals surface area contributed by atoms with Crippen molar-refractivity contribution in [2.45, 2.75) is 26.3 Å². The summed E-state index contributed by atoms with van der Waals surface area (Å²) in [6.07, 6.45) is 3.93. The molecule has 0 bridgehead atoms. The Hall–Kier alpha value is -1.61. The molecule has 1 aromatic heterocycles. The highest BCUT2D eigenvalue weighted by Crippen LogP contribution is 2.14. The minimum absolute atomic E-state index is 0.638. The third kappa shape index (κ3) is 2.74. The average Bonchev–Trinajstić information content (AvgIpc) is 2.73. The molecule has 0 saturated carbocycles. The van der Waals surface area contributed by atoms with Crippen LogP contribution in [0.25, 0.3) is 0 Å². The van der Waals surface area contributed by atoms with Crippen LogP contribution in [0.2, 0.25) is 0 Å². The van der Waals surface area contributed by atoms with Gasteiger partial charge in [0.25, 0.3) is 0 Å². The Kier molecular flexibility index (Phi) is 3.94. The van der Waals surface area contributed by atoms with Gasteiger partial charge in [0.2, 0.25) is 0 Å². The number of benzene rings is 1. The topological polar surface area (TPSA) is 43.8 Å². The summed E-state index contributed by atoms with van der Waals surface area (Å²) in [6.45, 7) is 3.61. The molecule has 2 N–H and O–H groups in total. The smallest absolute Gasteiger partial charge is 0.0535 e. The highest BCUT2D eigenvalue weighted by molar-refractivity contribution is 5.27. The van der Waals surface area contributed by atoms with E-state index in [2.05, 4.69) is 36.3 Å². The van der Waals surface area contributed by atoms with Gasteiger partial charge in [-0.05, 0) is 17.5 Å². The predicted octanol–water partition coefficient (Wildman–Crippen LogP) is 1.99. The van der Waals surface area contributed by atoms with Crippen LogP contribution in [0.1, 0.15) is 23.7 Å². The molecule has 0 radical (unpaired) electrons. The van der Waals surface area contributed by atoms with Gasteiger partial charge in [-0.15, -0.1) is 0 Å². The van der Waals surface area contributed by atoms with Crippen LogP contribution >= 0.6 is 0 Å². The Morgan fingerprint density at radius 3 is 2.65 bits per heavy atom. The molecule has 0 amide bonds. The summed E-state index contributed by atoms with van der Waals surface area (Å²) in [4.78, 5) is 0. The molecule has 0 unspecified atom stereocenters. The molecule has 0 aliphatic carbocycles. The lowest BCUT2D eigenvalue weighted by molar-refractivity contribution is 0.595. The second-order valence-corrected chi connectivity index (χ2v) is 4.14. The molecule has 0 atom stereocenters. The Balaban J connectivity index is 2.21. The fourth-order valence-corrected chi connectivity index (χ4v) is 2.14. The quantitative estimate of drug-likeness (QED) is 0.852. The first-order valence-corrected chi connectivity index (χ1v) is 6.12. The van der Waals surface area contributed by atoms with E-state index < -0.39 is 0 Å². The van der Waals surface area contributed by atoms with Gasteiger partial charge in [-0.2, -0.15) is 5.10 Å². The van der Waals surface area contributed by atoms with Crippen LogP contribution in [-0.2, 0) is 19.4 Å². The van der Waals surface area contributed by atoms with Crippen molar-refractivity contribution in [2.75, 3.05) is 6.54 Å². The molecule has 90 valence electrons. The minimum Gasteiger partial charge on any atom is -0.329 e. The van der Waals surface area contributed by atoms with Gasteiger partial charge in [-0.25, -0.2) is 0 Å². The monoisotopic (exact) mass is 229 g/mol. The van der Waals surface area contributed by atoms with Gasteiger partial charge in [0.05, 0.1) is 12.7 Å². The first-order valence-electron chi connectivity index (χ1n) is 6.12. The molecular formula is C14H19N3. The van der Waals surface area contributed by atoms with Crippen LogP contribution in [0.4, 0.5) is 0 Å². The third-order valence-electron chi connectivity index (χ3n) is 2.95. The molecule has 3 heteroatoms. The van der Waals surface area contributed by atoms with Crippen molar-refractivity contribution in [1.29, 1.82) is 0 Å². The molecule has 1 heterocycles. The zero-order valence-electron chi connectivity index (χ0n) is 10.3. The lowest BCUT2D eigenvalue weighted by atomic mass is 10.0. The molecule has 0 aliphatic rings. The Labute approximate surface area is 102 Å². The number of hydrogen-bond acceptors (Lipinski definition) is 2. The Bertz CT molecular complexity index is 460. The maximum atomic E-state index is 5.59. The van der Waals surface area contributed by atoms with Crippen molar-refractivity contribution in [3.63, 3.8) is 0 Å². The van der Waals surface area contributed by atoms with Crippen LogP contribution in [0.5, 0.6) is 0 Å². The van der Waals surface area contributed by atoms with E-state index in [1.54, 1.807) is 0 Å². The summed E-state index contributed by atoms with van der Waals surface area (Å²) < 4.78 is 2.03. The predicted molar refractivity (Wildman–Crippen MR) is 69.9 cm³/mol. The number of hydrogen-bond donors (Lipinski definition) is 1. The maximum Gasteiger partial charge on any atom is 0.0535 e. The average molecular weight is 229 g/mol. The van der Waals surface area contributed by atoms with Crippen molar-refractivity contribution in [3.05, 3.63) is 53.3 Å². The lowest BCUT2D eigenvalue weighted by Gasteiger charge is -2.06. The van der Waals surface area contributed by atoms with Crippen molar-refractivity contribution in [2.24, 2.45) is 5.73 Å². The summed E-state index contributed by atoms with van der Waals surface area (Å²) in [5.41, 5.74) is 9.53. The summed E-state index contributed by atoms with van der Waals surface area (Å²) in [6, 6.07) is 10.5. The number of aromatic nitrogens is 2. The minimum atomic E-state index is 0.638. The number of nitrogens with zero attached hydrogens (tertiary/aromatic N) is 2. The molecule has 0 saturated heterocycles. The first kappa shape index (κ1) is 11.9. The van der Waals surface area contributed by atoms with Gasteiger partial charge in [-0.3, -0.25) is 4.68 Å². The van der Waals surface area contributed by atoms with Gasteiger partial charge in [-0.1, -0.05) is 37.3 Å². The molecule has 0 spiro atoms. The van der Waals surface area contributed by atoms with Crippen LogP contribution in [0.3, 0.4) is 0 Å². The van der Waals surface area contributed by atoms with Crippen molar-refractivity contribution >= 4 is 0 Å². The molecule has 3 nitrogen and oxygen atoms in total. The van der Waals surface area contributed by atoms with Crippen LogP contribution in [0, 0.1) is 0 Å². The van der Waals surface area contributed by atoms with Crippen molar-refractivity contribution < 1.29 is 0 Å². The number of rotatable bonds is 5. The van der Waals surface area contributed by atoms with E-state index in [0.717, 1.165) is 19.4 Å². The molecule has 0 aliphatic heterocycles. The summed E-state index contributed by atoms with van der Waals surface area (Å²) in [7, 11) is 0. The molecule has 2 rings (SSSR count). The van der Waals surface area contributed by atoms with Crippen LogP contribution in [-0.4, -0.2) is 16.3 Å². The van der Waals surface area contributed by atoms with Crippen LogP contribution < -0.4 is 5.73 Å². The van der Waals surface area contributed by atoms with E-state index in [-0.39, 0.29) is 0 Å². The fourth-order valence-electron chi connectivity index (χ4n) is 2.14. The second kappa shape index (κ2) is 5.64. The van der Waals surface area contributed by atoms with Gasteiger partial charge in [0.1, 0.15) is 0 Å². The second-order valence-electron chi connectivity index (χ2n) is 4.14. The molecule has 2 aromatic rings. The first-order chi connectivity index (χ1) is 8.35. The SMILES string of the molecule is CCc1c(Cc2ccccc2)cnn1CCN. The largest absolute Gasteiger partial charge is 0.329 e. The maximum absolute atomic E-state index is 5.59. The zero-order chi connectivity index (χ0) is 12.1. The van der Waals surface area contributed by atoms with Gasteiger partial charge < -0.3 is 5.73 Å². The number of nitrogens with two attached hydrogens (primary N) is 1. The van der Waals surface area contributed by atoms with E-state index in [1.807, 2.05) is 16.9 Å². The van der Waals surface area contributed by atoms with Gasteiger partial charge >= 0.3 is 0 Å². The van der Waals surface area contributed by atoms with Gasteiger partial charge in [0.15, 0.2) is 0 Å². The molecule has 0 fully saturated rings. The van der Waals surface area contributed by atoms with Crippen LogP contribution in [0.15, 0.2) is 36.5 Å². The van der Waals surface area contributed by atoms with E-state index in [9.17, 15) is 0 Å².